The number of carboxylic acid groups (broad SMARTS) is 1. The van der Waals surface area contributed by atoms with Gasteiger partial charge in [-0.25, -0.2) is 4.39 Å². The second kappa shape index (κ2) is 5.43. The van der Waals surface area contributed by atoms with Gasteiger partial charge >= 0.3 is 0 Å². The molecule has 1 aromatic carbocycles. The summed E-state index contributed by atoms with van der Waals surface area (Å²) in [5, 5.41) is 13.1. The highest BCUT2D eigenvalue weighted by Gasteiger charge is 2.17. The Morgan fingerprint density at radius 2 is 1.76 bits per heavy atom. The Morgan fingerprint density at radius 1 is 1.24 bits per heavy atom. The molecule has 0 heterocycles. The molecule has 0 aliphatic heterocycles. The third-order valence-corrected chi connectivity index (χ3v) is 2.31. The van der Waals surface area contributed by atoms with Crippen molar-refractivity contribution in [2.75, 3.05) is 0 Å². The fourth-order valence-electron chi connectivity index (χ4n) is 1.32. The standard InChI is InChI=1S/C12H14FNO3/c1-7(2)10(12(16)17)14-11(15)8-3-5-9(13)6-4-8/h3-7,10H,1-2H3,(H,14,15)(H,16,17)/p-1. The smallest absolute Gasteiger partial charge is 0.251 e. The van der Waals surface area contributed by atoms with E-state index < -0.39 is 23.7 Å². The van der Waals surface area contributed by atoms with Gasteiger partial charge in [0, 0.05) is 5.56 Å². The maximum Gasteiger partial charge on any atom is 0.251 e. The van der Waals surface area contributed by atoms with E-state index in [9.17, 15) is 19.1 Å². The van der Waals surface area contributed by atoms with Gasteiger partial charge in [0.15, 0.2) is 0 Å². The van der Waals surface area contributed by atoms with Crippen LogP contribution in [-0.2, 0) is 4.79 Å². The van der Waals surface area contributed by atoms with Crippen LogP contribution >= 0.6 is 0 Å². The summed E-state index contributed by atoms with van der Waals surface area (Å²) in [7, 11) is 0. The molecule has 4 nitrogen and oxygen atoms in total. The van der Waals surface area contributed by atoms with Gasteiger partial charge in [-0.15, -0.1) is 0 Å². The highest BCUT2D eigenvalue weighted by molar-refractivity contribution is 5.96. The maximum absolute atomic E-state index is 12.6. The summed E-state index contributed by atoms with van der Waals surface area (Å²) in [5.74, 6) is -2.64. The quantitative estimate of drug-likeness (QED) is 0.821. The van der Waals surface area contributed by atoms with Crippen LogP contribution < -0.4 is 10.4 Å². The van der Waals surface area contributed by atoms with Crippen LogP contribution in [0.15, 0.2) is 24.3 Å². The van der Waals surface area contributed by atoms with Crippen LogP contribution in [0.1, 0.15) is 24.2 Å². The van der Waals surface area contributed by atoms with Crippen molar-refractivity contribution in [1.29, 1.82) is 0 Å². The lowest BCUT2D eigenvalue weighted by molar-refractivity contribution is -0.309. The van der Waals surface area contributed by atoms with Gasteiger partial charge < -0.3 is 15.2 Å². The average molecular weight is 238 g/mol. The Kier molecular flexibility index (Phi) is 4.20. The lowest BCUT2D eigenvalue weighted by Crippen LogP contribution is -2.50. The van der Waals surface area contributed by atoms with Crippen LogP contribution in [0.3, 0.4) is 0 Å². The number of aliphatic carboxylic acids is 1. The van der Waals surface area contributed by atoms with Crippen molar-refractivity contribution in [3.05, 3.63) is 35.6 Å². The zero-order valence-corrected chi connectivity index (χ0v) is 9.57. The molecule has 5 heteroatoms. The second-order valence-electron chi connectivity index (χ2n) is 4.02. The Morgan fingerprint density at radius 3 is 2.18 bits per heavy atom. The molecule has 0 aliphatic carbocycles. The minimum Gasteiger partial charge on any atom is -0.548 e. The molecule has 0 aliphatic rings. The minimum atomic E-state index is -1.34. The fraction of sp³-hybridized carbons (Fsp3) is 0.333. The zero-order chi connectivity index (χ0) is 13.0. The number of carbonyl (C=O) groups excluding carboxylic acids is 2. The third kappa shape index (κ3) is 3.55. The molecule has 1 amide bonds. The summed E-state index contributed by atoms with van der Waals surface area (Å²) in [6.45, 7) is 3.32. The van der Waals surface area contributed by atoms with E-state index in [1.165, 1.54) is 12.1 Å². The van der Waals surface area contributed by atoms with Crippen molar-refractivity contribution in [2.24, 2.45) is 5.92 Å². The van der Waals surface area contributed by atoms with Crippen LogP contribution in [0.5, 0.6) is 0 Å². The van der Waals surface area contributed by atoms with Gasteiger partial charge in [-0.3, -0.25) is 4.79 Å². The van der Waals surface area contributed by atoms with E-state index in [1.54, 1.807) is 13.8 Å². The molecule has 1 aromatic rings. The Balaban J connectivity index is 2.77. The molecule has 1 rings (SSSR count). The van der Waals surface area contributed by atoms with E-state index in [1.807, 2.05) is 0 Å². The molecule has 17 heavy (non-hydrogen) atoms. The van der Waals surface area contributed by atoms with Crippen LogP contribution in [0.4, 0.5) is 4.39 Å². The third-order valence-electron chi connectivity index (χ3n) is 2.31. The Bertz CT molecular complexity index is 414. The molecule has 0 bridgehead atoms. The zero-order valence-electron chi connectivity index (χ0n) is 9.57. The number of carbonyl (C=O) groups is 2. The minimum absolute atomic E-state index is 0.207. The molecular formula is C12H13FNO3-. The first-order chi connectivity index (χ1) is 7.91. The lowest BCUT2D eigenvalue weighted by Gasteiger charge is -2.23. The fourth-order valence-corrected chi connectivity index (χ4v) is 1.32. The van der Waals surface area contributed by atoms with Crippen molar-refractivity contribution < 1.29 is 19.1 Å². The molecule has 0 aromatic heterocycles. The van der Waals surface area contributed by atoms with Crippen molar-refractivity contribution in [2.45, 2.75) is 19.9 Å². The number of halogens is 1. The van der Waals surface area contributed by atoms with E-state index in [0.717, 1.165) is 12.1 Å². The molecule has 0 spiro atoms. The van der Waals surface area contributed by atoms with Crippen LogP contribution in [0.25, 0.3) is 0 Å². The summed E-state index contributed by atoms with van der Waals surface area (Å²) in [4.78, 5) is 22.4. The van der Waals surface area contributed by atoms with E-state index in [-0.39, 0.29) is 11.5 Å². The molecular weight excluding hydrogens is 225 g/mol. The molecule has 0 saturated heterocycles. The van der Waals surface area contributed by atoms with Gasteiger partial charge in [-0.1, -0.05) is 13.8 Å². The maximum atomic E-state index is 12.6. The largest absolute Gasteiger partial charge is 0.548 e. The van der Waals surface area contributed by atoms with Gasteiger partial charge in [0.2, 0.25) is 0 Å². The molecule has 1 unspecified atom stereocenters. The normalized spacial score (nSPS) is 12.2. The van der Waals surface area contributed by atoms with Crippen molar-refractivity contribution in [3.63, 3.8) is 0 Å². The van der Waals surface area contributed by atoms with Gasteiger partial charge in [0.25, 0.3) is 5.91 Å². The van der Waals surface area contributed by atoms with E-state index >= 15 is 0 Å². The predicted octanol–water partition coefficient (Wildman–Crippen LogP) is 0.330. The average Bonchev–Trinajstić information content (AvgIpc) is 2.25. The number of hydrogen-bond acceptors (Lipinski definition) is 3. The first kappa shape index (κ1) is 13.2. The first-order valence-corrected chi connectivity index (χ1v) is 5.19. The van der Waals surface area contributed by atoms with Crippen LogP contribution in [-0.4, -0.2) is 17.9 Å². The van der Waals surface area contributed by atoms with E-state index in [4.69, 9.17) is 0 Å². The van der Waals surface area contributed by atoms with Gasteiger partial charge in [-0.05, 0) is 30.2 Å². The summed E-state index contributed by atoms with van der Waals surface area (Å²) in [6, 6.07) is 3.79. The Hall–Kier alpha value is -1.91. The van der Waals surface area contributed by atoms with E-state index in [0.29, 0.717) is 0 Å². The predicted molar refractivity (Wildman–Crippen MR) is 57.5 cm³/mol. The molecule has 0 radical (unpaired) electrons. The topological polar surface area (TPSA) is 69.2 Å². The highest BCUT2D eigenvalue weighted by atomic mass is 19.1. The van der Waals surface area contributed by atoms with Gasteiger partial charge in [0.05, 0.1) is 12.0 Å². The molecule has 0 fully saturated rings. The highest BCUT2D eigenvalue weighted by Crippen LogP contribution is 2.05. The summed E-state index contributed by atoms with van der Waals surface area (Å²) < 4.78 is 12.6. The van der Waals surface area contributed by atoms with E-state index in [2.05, 4.69) is 5.32 Å². The van der Waals surface area contributed by atoms with Crippen LogP contribution in [0, 0.1) is 11.7 Å². The molecule has 92 valence electrons. The lowest BCUT2D eigenvalue weighted by atomic mass is 10.0. The monoisotopic (exact) mass is 238 g/mol. The summed E-state index contributed by atoms with van der Waals surface area (Å²) in [5.41, 5.74) is 0.207. The number of hydrogen-bond donors (Lipinski definition) is 1. The SMILES string of the molecule is CC(C)C(NC(=O)c1ccc(F)cc1)C(=O)[O-]. The van der Waals surface area contributed by atoms with Crippen molar-refractivity contribution in [1.82, 2.24) is 5.32 Å². The number of amides is 1. The molecule has 1 N–H and O–H groups in total. The Labute approximate surface area is 98.5 Å². The number of benzene rings is 1. The number of carboxylic acids is 1. The van der Waals surface area contributed by atoms with Crippen molar-refractivity contribution in [3.8, 4) is 0 Å². The summed E-state index contributed by atoms with van der Waals surface area (Å²) in [6.07, 6.45) is 0. The molecule has 0 saturated carbocycles. The van der Waals surface area contributed by atoms with Gasteiger partial charge in [-0.2, -0.15) is 0 Å². The number of rotatable bonds is 4. The first-order valence-electron chi connectivity index (χ1n) is 5.19. The number of nitrogens with one attached hydrogen (secondary N) is 1. The summed E-state index contributed by atoms with van der Waals surface area (Å²) >= 11 is 0. The van der Waals surface area contributed by atoms with Crippen LogP contribution in [0.2, 0.25) is 0 Å². The molecule has 1 atom stereocenters. The van der Waals surface area contributed by atoms with Gasteiger partial charge in [0.1, 0.15) is 5.82 Å². The second-order valence-corrected chi connectivity index (χ2v) is 4.02. The van der Waals surface area contributed by atoms with Crippen molar-refractivity contribution >= 4 is 11.9 Å².